The number of halogens is 3. The molecule has 1 aromatic carbocycles. The van der Waals surface area contributed by atoms with Crippen molar-refractivity contribution in [2.75, 3.05) is 13.2 Å². The molecular weight excluding hydrogens is 208 g/mol. The predicted molar refractivity (Wildman–Crippen MR) is 49.4 cm³/mol. The van der Waals surface area contributed by atoms with Crippen molar-refractivity contribution in [3.63, 3.8) is 0 Å². The number of alkyl halides is 3. The number of hydrogen-bond acceptors (Lipinski definition) is 2. The van der Waals surface area contributed by atoms with Gasteiger partial charge in [0, 0.05) is 0 Å². The van der Waals surface area contributed by atoms with Gasteiger partial charge in [-0.2, -0.15) is 13.2 Å². The van der Waals surface area contributed by atoms with Crippen molar-refractivity contribution in [2.24, 2.45) is 0 Å². The molecule has 0 aliphatic heterocycles. The standard InChI is InChI=1S/C9H8BF3O2/c10-6-1-2-8(15-4-3-14)7(5-6)9(11,12)13/h1-2,5,14H,3-4H2. The van der Waals surface area contributed by atoms with Crippen molar-refractivity contribution in [1.29, 1.82) is 0 Å². The number of benzene rings is 1. The van der Waals surface area contributed by atoms with Crippen LogP contribution in [0.5, 0.6) is 5.75 Å². The zero-order valence-electron chi connectivity index (χ0n) is 7.71. The minimum Gasteiger partial charge on any atom is -0.491 e. The van der Waals surface area contributed by atoms with Crippen molar-refractivity contribution in [2.45, 2.75) is 6.18 Å². The van der Waals surface area contributed by atoms with Gasteiger partial charge >= 0.3 is 6.18 Å². The van der Waals surface area contributed by atoms with Crippen molar-refractivity contribution in [3.05, 3.63) is 23.8 Å². The Morgan fingerprint density at radius 1 is 1.33 bits per heavy atom. The van der Waals surface area contributed by atoms with Crippen molar-refractivity contribution >= 4 is 13.3 Å². The second-order valence-electron chi connectivity index (χ2n) is 2.83. The van der Waals surface area contributed by atoms with Crippen LogP contribution in [-0.2, 0) is 6.18 Å². The molecule has 0 spiro atoms. The summed E-state index contributed by atoms with van der Waals surface area (Å²) in [6.45, 7) is -0.533. The smallest absolute Gasteiger partial charge is 0.419 e. The third kappa shape index (κ3) is 3.16. The quantitative estimate of drug-likeness (QED) is 0.759. The van der Waals surface area contributed by atoms with Crippen LogP contribution in [0.2, 0.25) is 0 Å². The summed E-state index contributed by atoms with van der Waals surface area (Å²) in [7, 11) is 5.25. The van der Waals surface area contributed by atoms with Gasteiger partial charge in [0.05, 0.1) is 12.2 Å². The summed E-state index contributed by atoms with van der Waals surface area (Å²) in [6, 6.07) is 3.24. The topological polar surface area (TPSA) is 29.5 Å². The Morgan fingerprint density at radius 3 is 2.53 bits per heavy atom. The van der Waals surface area contributed by atoms with Crippen molar-refractivity contribution in [1.82, 2.24) is 0 Å². The molecule has 1 N–H and O–H groups in total. The first-order valence-electron chi connectivity index (χ1n) is 4.15. The van der Waals surface area contributed by atoms with Gasteiger partial charge in [0.25, 0.3) is 0 Å². The maximum absolute atomic E-state index is 12.5. The average molecular weight is 216 g/mol. The van der Waals surface area contributed by atoms with Gasteiger partial charge < -0.3 is 9.84 Å². The SMILES string of the molecule is [B]c1ccc(OCCO)c(C(F)(F)F)c1. The first-order chi connectivity index (χ1) is 6.95. The number of hydrogen-bond donors (Lipinski definition) is 1. The van der Waals surface area contributed by atoms with E-state index in [1.54, 1.807) is 0 Å². The van der Waals surface area contributed by atoms with E-state index in [0.717, 1.165) is 12.1 Å². The van der Waals surface area contributed by atoms with Gasteiger partial charge in [0.1, 0.15) is 20.2 Å². The number of aliphatic hydroxyl groups is 1. The van der Waals surface area contributed by atoms with Gasteiger partial charge in [-0.15, -0.1) is 0 Å². The summed E-state index contributed by atoms with van der Waals surface area (Å²) in [5, 5.41) is 8.44. The van der Waals surface area contributed by atoms with E-state index in [9.17, 15) is 13.2 Å². The maximum atomic E-state index is 12.5. The van der Waals surface area contributed by atoms with Crippen LogP contribution in [0.25, 0.3) is 0 Å². The van der Waals surface area contributed by atoms with Crippen LogP contribution >= 0.6 is 0 Å². The molecule has 0 fully saturated rings. The predicted octanol–water partition coefficient (Wildman–Crippen LogP) is 0.870. The molecule has 0 aromatic heterocycles. The molecule has 0 saturated carbocycles. The maximum Gasteiger partial charge on any atom is 0.419 e. The first kappa shape index (κ1) is 11.9. The Morgan fingerprint density at radius 2 is 2.00 bits per heavy atom. The lowest BCUT2D eigenvalue weighted by atomic mass is 9.94. The molecule has 80 valence electrons. The van der Waals surface area contributed by atoms with Crippen molar-refractivity contribution in [3.8, 4) is 5.75 Å². The van der Waals surface area contributed by atoms with Crippen LogP contribution in [-0.4, -0.2) is 26.2 Å². The van der Waals surface area contributed by atoms with E-state index >= 15 is 0 Å². The second kappa shape index (κ2) is 4.57. The van der Waals surface area contributed by atoms with Crippen LogP contribution < -0.4 is 10.2 Å². The molecule has 0 bridgehead atoms. The number of aliphatic hydroxyl groups excluding tert-OH is 1. The zero-order valence-corrected chi connectivity index (χ0v) is 7.71. The van der Waals surface area contributed by atoms with Crippen LogP contribution in [0.1, 0.15) is 5.56 Å². The van der Waals surface area contributed by atoms with Crippen LogP contribution in [0, 0.1) is 0 Å². The molecule has 0 unspecified atom stereocenters. The summed E-state index contributed by atoms with van der Waals surface area (Å²) in [5.41, 5.74) is -0.922. The molecule has 0 heterocycles. The first-order valence-corrected chi connectivity index (χ1v) is 4.15. The third-order valence-electron chi connectivity index (χ3n) is 1.66. The fraction of sp³-hybridized carbons (Fsp3) is 0.333. The summed E-state index contributed by atoms with van der Waals surface area (Å²) in [4.78, 5) is 0. The second-order valence-corrected chi connectivity index (χ2v) is 2.83. The molecular formula is C9H8BF3O2. The zero-order chi connectivity index (χ0) is 11.5. The highest BCUT2D eigenvalue weighted by molar-refractivity contribution is 6.32. The highest BCUT2D eigenvalue weighted by Gasteiger charge is 2.34. The normalized spacial score (nSPS) is 11.5. The van der Waals surface area contributed by atoms with Gasteiger partial charge in [-0.05, 0) is 6.07 Å². The van der Waals surface area contributed by atoms with Crippen LogP contribution in [0.15, 0.2) is 18.2 Å². The van der Waals surface area contributed by atoms with Gasteiger partial charge in [-0.25, -0.2) is 0 Å². The van der Waals surface area contributed by atoms with E-state index in [2.05, 4.69) is 0 Å². The van der Waals surface area contributed by atoms with E-state index in [4.69, 9.17) is 17.7 Å². The minimum absolute atomic E-state index is 0.0127. The molecule has 2 nitrogen and oxygen atoms in total. The van der Waals surface area contributed by atoms with Crippen LogP contribution in [0.4, 0.5) is 13.2 Å². The van der Waals surface area contributed by atoms with Gasteiger partial charge in [-0.1, -0.05) is 17.6 Å². The average Bonchev–Trinajstić information content (AvgIpc) is 2.14. The van der Waals surface area contributed by atoms with E-state index in [1.807, 2.05) is 0 Å². The molecule has 0 saturated heterocycles. The molecule has 2 radical (unpaired) electrons. The molecule has 6 heteroatoms. The van der Waals surface area contributed by atoms with Gasteiger partial charge in [0.15, 0.2) is 0 Å². The lowest BCUT2D eigenvalue weighted by Crippen LogP contribution is -2.14. The Labute approximate surface area is 86.1 Å². The summed E-state index contributed by atoms with van der Waals surface area (Å²) in [5.74, 6) is -0.328. The molecule has 0 aliphatic carbocycles. The largest absolute Gasteiger partial charge is 0.491 e. The summed E-state index contributed by atoms with van der Waals surface area (Å²) < 4.78 is 42.1. The summed E-state index contributed by atoms with van der Waals surface area (Å²) in [6.07, 6.45) is -4.51. The fourth-order valence-corrected chi connectivity index (χ4v) is 1.05. The lowest BCUT2D eigenvalue weighted by molar-refractivity contribution is -0.139. The van der Waals surface area contributed by atoms with Crippen LogP contribution in [0.3, 0.4) is 0 Å². The summed E-state index contributed by atoms with van der Waals surface area (Å²) >= 11 is 0. The molecule has 1 rings (SSSR count). The molecule has 1 aromatic rings. The minimum atomic E-state index is -4.51. The van der Waals surface area contributed by atoms with E-state index in [0.29, 0.717) is 0 Å². The van der Waals surface area contributed by atoms with E-state index in [-0.39, 0.29) is 24.4 Å². The Hall–Kier alpha value is -1.17. The third-order valence-corrected chi connectivity index (χ3v) is 1.66. The van der Waals surface area contributed by atoms with Gasteiger partial charge in [0.2, 0.25) is 0 Å². The lowest BCUT2D eigenvalue weighted by Gasteiger charge is -2.14. The fourth-order valence-electron chi connectivity index (χ4n) is 1.05. The molecule has 0 atom stereocenters. The Kier molecular flexibility index (Phi) is 3.63. The van der Waals surface area contributed by atoms with Crippen molar-refractivity contribution < 1.29 is 23.0 Å². The number of ether oxygens (including phenoxy) is 1. The van der Waals surface area contributed by atoms with E-state index in [1.165, 1.54) is 6.07 Å². The highest BCUT2D eigenvalue weighted by Crippen LogP contribution is 2.35. The molecule has 0 aliphatic rings. The Balaban J connectivity index is 3.04. The number of rotatable bonds is 3. The molecule has 15 heavy (non-hydrogen) atoms. The van der Waals surface area contributed by atoms with Gasteiger partial charge in [-0.3, -0.25) is 0 Å². The highest BCUT2D eigenvalue weighted by atomic mass is 19.4. The monoisotopic (exact) mass is 216 g/mol. The molecule has 0 amide bonds. The Bertz CT molecular complexity index is 339. The van der Waals surface area contributed by atoms with E-state index < -0.39 is 11.7 Å².